The van der Waals surface area contributed by atoms with Crippen LogP contribution in [0.3, 0.4) is 0 Å². The van der Waals surface area contributed by atoms with Gasteiger partial charge in [0.1, 0.15) is 17.5 Å². The van der Waals surface area contributed by atoms with Crippen molar-refractivity contribution < 1.29 is 18.4 Å². The fourth-order valence-corrected chi connectivity index (χ4v) is 6.32. The Bertz CT molecular complexity index is 1620. The van der Waals surface area contributed by atoms with Gasteiger partial charge in [0.05, 0.1) is 17.0 Å². The Kier molecular flexibility index (Phi) is 6.16. The highest BCUT2D eigenvalue weighted by molar-refractivity contribution is 5.92. The second kappa shape index (κ2) is 9.47. The van der Waals surface area contributed by atoms with Gasteiger partial charge in [0, 0.05) is 35.8 Å². The van der Waals surface area contributed by atoms with Crippen LogP contribution in [0.2, 0.25) is 0 Å². The van der Waals surface area contributed by atoms with E-state index in [1.54, 1.807) is 23.4 Å². The average Bonchev–Trinajstić information content (AvgIpc) is 3.40. The van der Waals surface area contributed by atoms with E-state index >= 15 is 0 Å². The maximum Gasteiger partial charge on any atom is 0.236 e. The quantitative estimate of drug-likeness (QED) is 0.421. The van der Waals surface area contributed by atoms with Crippen LogP contribution in [-0.4, -0.2) is 27.9 Å². The molecule has 2 amide bonds. The first-order chi connectivity index (χ1) is 19.1. The van der Waals surface area contributed by atoms with Gasteiger partial charge in [-0.3, -0.25) is 14.6 Å². The van der Waals surface area contributed by atoms with Gasteiger partial charge in [0.25, 0.3) is 0 Å². The number of hydrogen-bond donors (Lipinski definition) is 1. The Hall–Kier alpha value is -4.20. The predicted molar refractivity (Wildman–Crippen MR) is 149 cm³/mol. The number of aromatic nitrogens is 1. The van der Waals surface area contributed by atoms with Crippen molar-refractivity contribution in [3.63, 3.8) is 0 Å². The van der Waals surface area contributed by atoms with Crippen LogP contribution in [0.4, 0.5) is 8.78 Å². The number of carbonyl (C=O) groups is 2. The van der Waals surface area contributed by atoms with Gasteiger partial charge in [-0.15, -0.1) is 0 Å². The molecule has 2 aromatic carbocycles. The topological polar surface area (TPSA) is 74.7 Å². The summed E-state index contributed by atoms with van der Waals surface area (Å²) in [5, 5.41) is 3.78. The molecular weight excluding hydrogens is 510 g/mol. The molecule has 8 heteroatoms. The highest BCUT2D eigenvalue weighted by Crippen LogP contribution is 2.44. The number of carbonyl (C=O) groups excluding carboxylic acids is 2. The third kappa shape index (κ3) is 4.51. The fourth-order valence-electron chi connectivity index (χ4n) is 6.32. The molecule has 3 heterocycles. The Morgan fingerprint density at radius 3 is 2.55 bits per heavy atom. The number of nitrogens with one attached hydrogen (secondary N) is 1. The minimum atomic E-state index is -0.671. The minimum Gasteiger partial charge on any atom is -0.331 e. The lowest BCUT2D eigenvalue weighted by Gasteiger charge is -2.43. The highest BCUT2D eigenvalue weighted by Gasteiger charge is 2.46. The van der Waals surface area contributed by atoms with E-state index < -0.39 is 28.5 Å². The third-order valence-corrected chi connectivity index (χ3v) is 8.38. The molecular formula is C32H30F2N4O2. The summed E-state index contributed by atoms with van der Waals surface area (Å²) in [5.74, 6) is -0.903. The van der Waals surface area contributed by atoms with Gasteiger partial charge < -0.3 is 10.2 Å². The second-order valence-corrected chi connectivity index (χ2v) is 11.7. The number of aliphatic imine (C=N–C) groups is 1. The lowest BCUT2D eigenvalue weighted by molar-refractivity contribution is -0.149. The summed E-state index contributed by atoms with van der Waals surface area (Å²) in [4.78, 5) is 37.1. The molecule has 0 bridgehead atoms. The smallest absolute Gasteiger partial charge is 0.236 e. The van der Waals surface area contributed by atoms with Crippen molar-refractivity contribution in [3.05, 3.63) is 101 Å². The zero-order chi connectivity index (χ0) is 28.2. The Morgan fingerprint density at radius 2 is 1.82 bits per heavy atom. The summed E-state index contributed by atoms with van der Waals surface area (Å²) < 4.78 is 28.2. The van der Waals surface area contributed by atoms with Crippen LogP contribution in [0.15, 0.2) is 72.1 Å². The second-order valence-electron chi connectivity index (χ2n) is 11.7. The summed E-state index contributed by atoms with van der Waals surface area (Å²) in [6.07, 6.45) is 9.13. The van der Waals surface area contributed by atoms with E-state index in [2.05, 4.69) is 23.0 Å². The molecule has 3 aromatic rings. The molecule has 6 nitrogen and oxygen atoms in total. The fraction of sp³-hybridized carbons (Fsp3) is 0.312. The molecule has 0 radical (unpaired) electrons. The predicted octanol–water partition coefficient (Wildman–Crippen LogP) is 5.72. The zero-order valence-corrected chi connectivity index (χ0v) is 22.5. The number of piperidine rings is 1. The number of pyridine rings is 1. The number of nitrogens with zero attached hydrogens (tertiary/aromatic N) is 3. The van der Waals surface area contributed by atoms with Gasteiger partial charge in [-0.2, -0.15) is 0 Å². The van der Waals surface area contributed by atoms with Crippen molar-refractivity contribution in [3.8, 4) is 0 Å². The molecule has 204 valence electrons. The number of rotatable bonds is 5. The molecule has 40 heavy (non-hydrogen) atoms. The largest absolute Gasteiger partial charge is 0.331 e. The molecule has 6 rings (SSSR count). The minimum absolute atomic E-state index is 0.0571. The van der Waals surface area contributed by atoms with Gasteiger partial charge >= 0.3 is 0 Å². The monoisotopic (exact) mass is 540 g/mol. The van der Waals surface area contributed by atoms with Gasteiger partial charge in [-0.05, 0) is 84.3 Å². The highest BCUT2D eigenvalue weighted by atomic mass is 19.1. The zero-order valence-electron chi connectivity index (χ0n) is 22.5. The van der Waals surface area contributed by atoms with Gasteiger partial charge in [0.15, 0.2) is 0 Å². The Balaban J connectivity index is 1.31. The van der Waals surface area contributed by atoms with Gasteiger partial charge in [-0.25, -0.2) is 13.8 Å². The SMILES string of the molecule is C=CC=NC1=C[C@@]2(Cc3cc4cc(CN5C(=O)C(C)(C)CC[C@H]5c5cc(F)cc(F)c5)cnc4cc3C2)C(=O)N1. The van der Waals surface area contributed by atoms with Crippen LogP contribution in [0.1, 0.15) is 55.0 Å². The van der Waals surface area contributed by atoms with Crippen molar-refractivity contribution in [1.29, 1.82) is 0 Å². The van der Waals surface area contributed by atoms with Crippen molar-refractivity contribution in [2.45, 2.75) is 52.1 Å². The number of fused-ring (bicyclic) bond motifs is 2. The van der Waals surface area contributed by atoms with Crippen molar-refractivity contribution in [2.75, 3.05) is 0 Å². The van der Waals surface area contributed by atoms with E-state index in [-0.39, 0.29) is 18.4 Å². The van der Waals surface area contributed by atoms with E-state index in [1.807, 2.05) is 32.1 Å². The van der Waals surface area contributed by atoms with E-state index in [1.165, 1.54) is 12.1 Å². The van der Waals surface area contributed by atoms with Crippen LogP contribution >= 0.6 is 0 Å². The van der Waals surface area contributed by atoms with Crippen molar-refractivity contribution >= 4 is 28.9 Å². The van der Waals surface area contributed by atoms with Crippen LogP contribution < -0.4 is 5.32 Å². The molecule has 1 aromatic heterocycles. The van der Waals surface area contributed by atoms with Crippen LogP contribution in [0, 0.1) is 22.5 Å². The molecule has 2 aliphatic heterocycles. The Labute approximate surface area is 231 Å². The molecule has 0 saturated carbocycles. The Morgan fingerprint density at radius 1 is 1.10 bits per heavy atom. The van der Waals surface area contributed by atoms with Gasteiger partial charge in [-0.1, -0.05) is 26.5 Å². The first kappa shape index (κ1) is 26.0. The third-order valence-electron chi connectivity index (χ3n) is 8.38. The van der Waals surface area contributed by atoms with Crippen LogP contribution in [-0.2, 0) is 29.0 Å². The maximum absolute atomic E-state index is 14.1. The van der Waals surface area contributed by atoms with E-state index in [0.717, 1.165) is 33.7 Å². The summed E-state index contributed by atoms with van der Waals surface area (Å²) in [6, 6.07) is 9.14. The first-order valence-electron chi connectivity index (χ1n) is 13.4. The average molecular weight is 541 g/mol. The molecule has 0 unspecified atom stereocenters. The lowest BCUT2D eigenvalue weighted by atomic mass is 9.78. The number of allylic oxidation sites excluding steroid dienone is 1. The molecule has 1 spiro atoms. The number of halogens is 2. The van der Waals surface area contributed by atoms with E-state index in [0.29, 0.717) is 37.1 Å². The van der Waals surface area contributed by atoms with Crippen molar-refractivity contribution in [2.24, 2.45) is 15.8 Å². The summed E-state index contributed by atoms with van der Waals surface area (Å²) >= 11 is 0. The maximum atomic E-state index is 14.1. The molecule has 1 aliphatic carbocycles. The molecule has 1 fully saturated rings. The molecule has 1 saturated heterocycles. The number of benzene rings is 2. The van der Waals surface area contributed by atoms with E-state index in [9.17, 15) is 18.4 Å². The number of amides is 2. The normalized spacial score (nSPS) is 23.6. The van der Waals surface area contributed by atoms with Crippen LogP contribution in [0.5, 0.6) is 0 Å². The standard InChI is InChI=1S/C32H30F2N4O2/c1-4-7-35-28-16-32(29(39)37-28)14-22-9-20-8-19(17-36-26(20)12-23(22)15-32)18-38-27(5-6-31(2,3)30(38)40)21-10-24(33)13-25(34)11-21/h4,7-13,16-17,27H,1,5-6,14-15,18H2,2-3H3,(H,37,39)/t27-,32-/m0/s1. The van der Waals surface area contributed by atoms with Crippen molar-refractivity contribution in [1.82, 2.24) is 15.2 Å². The summed E-state index contributed by atoms with van der Waals surface area (Å²) in [5.41, 5.74) is 3.00. The van der Waals surface area contributed by atoms with Crippen LogP contribution in [0.25, 0.3) is 10.9 Å². The summed E-state index contributed by atoms with van der Waals surface area (Å²) in [6.45, 7) is 7.71. The summed E-state index contributed by atoms with van der Waals surface area (Å²) in [7, 11) is 0. The number of hydrogen-bond acceptors (Lipinski definition) is 4. The lowest BCUT2D eigenvalue weighted by Crippen LogP contribution is -2.47. The first-order valence-corrected chi connectivity index (χ1v) is 13.4. The molecule has 2 atom stereocenters. The van der Waals surface area contributed by atoms with Gasteiger partial charge in [0.2, 0.25) is 11.8 Å². The number of likely N-dealkylation sites (tertiary alicyclic amines) is 1. The molecule has 1 N–H and O–H groups in total. The molecule has 3 aliphatic rings. The van der Waals surface area contributed by atoms with E-state index in [4.69, 9.17) is 4.98 Å².